The predicted molar refractivity (Wildman–Crippen MR) is 108 cm³/mol. The molecule has 1 aromatic carbocycles. The molecule has 1 aromatic heterocycles. The summed E-state index contributed by atoms with van der Waals surface area (Å²) in [5, 5.41) is -0.0959. The van der Waals surface area contributed by atoms with Crippen LogP contribution in [0.3, 0.4) is 0 Å². The third kappa shape index (κ3) is 4.42. The number of piperidine rings is 1. The largest absolute Gasteiger partial charge is 0.369 e. The minimum Gasteiger partial charge on any atom is -0.369 e. The van der Waals surface area contributed by atoms with Crippen molar-refractivity contribution < 1.29 is 18.0 Å². The summed E-state index contributed by atoms with van der Waals surface area (Å²) in [5.74, 6) is -0.284. The standard InChI is InChI=1S/C19H25N5O4S/c1-3-23-12-17(21-13(23)2)29(27,28)22-16-7-5-4-6-15(16)19(26)24-10-8-14(9-11-24)18(20)25/h4-7,12,14,22H,3,8-11H2,1-2H3,(H2,20,25). The second-order valence-electron chi connectivity index (χ2n) is 7.03. The molecule has 29 heavy (non-hydrogen) atoms. The first kappa shape index (κ1) is 20.8. The number of carbonyl (C=O) groups excluding carboxylic acids is 2. The molecular weight excluding hydrogens is 394 g/mol. The fraction of sp³-hybridized carbons (Fsp3) is 0.421. The van der Waals surface area contributed by atoms with Crippen LogP contribution in [0, 0.1) is 12.8 Å². The van der Waals surface area contributed by atoms with E-state index in [4.69, 9.17) is 5.73 Å². The number of hydrogen-bond acceptors (Lipinski definition) is 5. The lowest BCUT2D eigenvalue weighted by Gasteiger charge is -2.31. The zero-order chi connectivity index (χ0) is 21.2. The van der Waals surface area contributed by atoms with Crippen LogP contribution >= 0.6 is 0 Å². The molecule has 2 heterocycles. The number of primary amides is 1. The Hall–Kier alpha value is -2.88. The zero-order valence-corrected chi connectivity index (χ0v) is 17.3. The van der Waals surface area contributed by atoms with Crippen LogP contribution in [0.5, 0.6) is 0 Å². The monoisotopic (exact) mass is 419 g/mol. The molecule has 1 aliphatic heterocycles. The topological polar surface area (TPSA) is 127 Å². The lowest BCUT2D eigenvalue weighted by atomic mass is 9.96. The van der Waals surface area contributed by atoms with E-state index in [1.54, 1.807) is 40.7 Å². The van der Waals surface area contributed by atoms with Gasteiger partial charge in [0.15, 0.2) is 5.03 Å². The van der Waals surface area contributed by atoms with Gasteiger partial charge in [-0.1, -0.05) is 12.1 Å². The molecule has 9 nitrogen and oxygen atoms in total. The van der Waals surface area contributed by atoms with Gasteiger partial charge in [0.05, 0.1) is 11.3 Å². The fourth-order valence-corrected chi connectivity index (χ4v) is 4.51. The number of sulfonamides is 1. The number of anilines is 1. The number of nitrogens with two attached hydrogens (primary N) is 1. The Morgan fingerprint density at radius 2 is 1.90 bits per heavy atom. The highest BCUT2D eigenvalue weighted by molar-refractivity contribution is 7.92. The van der Waals surface area contributed by atoms with E-state index >= 15 is 0 Å². The first-order valence-electron chi connectivity index (χ1n) is 9.47. The maximum atomic E-state index is 13.0. The lowest BCUT2D eigenvalue weighted by molar-refractivity contribution is -0.123. The fourth-order valence-electron chi connectivity index (χ4n) is 3.42. The van der Waals surface area contributed by atoms with E-state index < -0.39 is 10.0 Å². The molecule has 0 atom stereocenters. The molecule has 156 valence electrons. The number of para-hydroxylation sites is 1. The van der Waals surface area contributed by atoms with Gasteiger partial charge in [0.2, 0.25) is 5.91 Å². The van der Waals surface area contributed by atoms with Gasteiger partial charge in [0, 0.05) is 31.7 Å². The second kappa shape index (κ2) is 8.24. The molecule has 0 unspecified atom stereocenters. The number of hydrogen-bond donors (Lipinski definition) is 2. The average Bonchev–Trinajstić information content (AvgIpc) is 3.09. The van der Waals surface area contributed by atoms with Gasteiger partial charge in [0.1, 0.15) is 5.82 Å². The lowest BCUT2D eigenvalue weighted by Crippen LogP contribution is -2.42. The molecular formula is C19H25N5O4S. The van der Waals surface area contributed by atoms with Crippen molar-refractivity contribution in [2.75, 3.05) is 17.8 Å². The number of nitrogens with one attached hydrogen (secondary N) is 1. The SMILES string of the molecule is CCn1cc(S(=O)(=O)Nc2ccccc2C(=O)N2CCC(C(N)=O)CC2)nc1C. The van der Waals surface area contributed by atoms with E-state index in [0.29, 0.717) is 38.3 Å². The number of amides is 2. The number of rotatable bonds is 6. The van der Waals surface area contributed by atoms with Crippen molar-refractivity contribution >= 4 is 27.5 Å². The van der Waals surface area contributed by atoms with Crippen LogP contribution in [-0.2, 0) is 21.4 Å². The number of aryl methyl sites for hydroxylation is 2. The first-order chi connectivity index (χ1) is 13.7. The van der Waals surface area contributed by atoms with Gasteiger partial charge in [-0.15, -0.1) is 0 Å². The van der Waals surface area contributed by atoms with E-state index in [9.17, 15) is 18.0 Å². The number of aromatic nitrogens is 2. The van der Waals surface area contributed by atoms with Crippen molar-refractivity contribution in [3.05, 3.63) is 41.9 Å². The summed E-state index contributed by atoms with van der Waals surface area (Å²) in [6, 6.07) is 6.46. The first-order valence-corrected chi connectivity index (χ1v) is 11.0. The molecule has 0 bridgehead atoms. The Morgan fingerprint density at radius 3 is 2.48 bits per heavy atom. The highest BCUT2D eigenvalue weighted by Crippen LogP contribution is 2.24. The van der Waals surface area contributed by atoms with E-state index in [1.807, 2.05) is 6.92 Å². The van der Waals surface area contributed by atoms with Crippen molar-refractivity contribution in [2.24, 2.45) is 11.7 Å². The number of benzene rings is 1. The Bertz CT molecular complexity index is 1020. The van der Waals surface area contributed by atoms with Gasteiger partial charge in [-0.2, -0.15) is 8.42 Å². The molecule has 3 N–H and O–H groups in total. The van der Waals surface area contributed by atoms with Crippen LogP contribution in [-0.4, -0.2) is 47.8 Å². The van der Waals surface area contributed by atoms with Gasteiger partial charge in [-0.05, 0) is 38.8 Å². The summed E-state index contributed by atoms with van der Waals surface area (Å²) >= 11 is 0. The molecule has 0 saturated carbocycles. The van der Waals surface area contributed by atoms with Crippen LogP contribution in [0.4, 0.5) is 5.69 Å². The van der Waals surface area contributed by atoms with Crippen molar-refractivity contribution in [1.29, 1.82) is 0 Å². The molecule has 1 fully saturated rings. The van der Waals surface area contributed by atoms with E-state index in [0.717, 1.165) is 0 Å². The van der Waals surface area contributed by atoms with Crippen molar-refractivity contribution in [1.82, 2.24) is 14.5 Å². The number of likely N-dealkylation sites (tertiary alicyclic amines) is 1. The van der Waals surface area contributed by atoms with Crippen LogP contribution in [0.15, 0.2) is 35.5 Å². The van der Waals surface area contributed by atoms with E-state index in [1.165, 1.54) is 6.20 Å². The Morgan fingerprint density at radius 1 is 1.24 bits per heavy atom. The second-order valence-corrected chi connectivity index (χ2v) is 8.66. The summed E-state index contributed by atoms with van der Waals surface area (Å²) in [6.07, 6.45) is 2.47. The summed E-state index contributed by atoms with van der Waals surface area (Å²) < 4.78 is 29.8. The maximum Gasteiger partial charge on any atom is 0.280 e. The molecule has 10 heteroatoms. The van der Waals surface area contributed by atoms with Crippen LogP contribution in [0.1, 0.15) is 35.9 Å². The number of carbonyl (C=O) groups is 2. The van der Waals surface area contributed by atoms with Crippen LogP contribution in [0.2, 0.25) is 0 Å². The molecule has 2 aromatic rings. The highest BCUT2D eigenvalue weighted by atomic mass is 32.2. The summed E-state index contributed by atoms with van der Waals surface area (Å²) in [4.78, 5) is 30.0. The normalized spacial score (nSPS) is 15.3. The minimum absolute atomic E-state index is 0.0959. The van der Waals surface area contributed by atoms with Gasteiger partial charge in [-0.3, -0.25) is 14.3 Å². The Kier molecular flexibility index (Phi) is 5.92. The van der Waals surface area contributed by atoms with Gasteiger partial charge < -0.3 is 15.2 Å². The number of imidazole rings is 1. The van der Waals surface area contributed by atoms with Crippen molar-refractivity contribution in [3.8, 4) is 0 Å². The molecule has 1 aliphatic rings. The maximum absolute atomic E-state index is 13.0. The van der Waals surface area contributed by atoms with E-state index in [-0.39, 0.29) is 34.0 Å². The smallest absolute Gasteiger partial charge is 0.280 e. The molecule has 0 aliphatic carbocycles. The third-order valence-electron chi connectivity index (χ3n) is 5.16. The predicted octanol–water partition coefficient (Wildman–Crippen LogP) is 1.35. The average molecular weight is 420 g/mol. The summed E-state index contributed by atoms with van der Waals surface area (Å²) in [7, 11) is -3.95. The summed E-state index contributed by atoms with van der Waals surface area (Å²) in [5.41, 5.74) is 5.79. The molecule has 0 radical (unpaired) electrons. The highest BCUT2D eigenvalue weighted by Gasteiger charge is 2.28. The molecule has 1 saturated heterocycles. The van der Waals surface area contributed by atoms with E-state index in [2.05, 4.69) is 9.71 Å². The molecule has 2 amide bonds. The molecule has 3 rings (SSSR count). The van der Waals surface area contributed by atoms with Gasteiger partial charge >= 0.3 is 0 Å². The minimum atomic E-state index is -3.95. The third-order valence-corrected chi connectivity index (χ3v) is 6.39. The molecule has 0 spiro atoms. The Balaban J connectivity index is 1.82. The van der Waals surface area contributed by atoms with Gasteiger partial charge in [-0.25, -0.2) is 4.98 Å². The number of nitrogens with zero attached hydrogens (tertiary/aromatic N) is 3. The Labute approximate surface area is 170 Å². The summed E-state index contributed by atoms with van der Waals surface area (Å²) in [6.45, 7) is 5.02. The quantitative estimate of drug-likeness (QED) is 0.731. The van der Waals surface area contributed by atoms with Gasteiger partial charge in [0.25, 0.3) is 15.9 Å². The van der Waals surface area contributed by atoms with Crippen molar-refractivity contribution in [3.63, 3.8) is 0 Å². The van der Waals surface area contributed by atoms with Crippen molar-refractivity contribution in [2.45, 2.75) is 38.3 Å². The van der Waals surface area contributed by atoms with Crippen LogP contribution < -0.4 is 10.5 Å². The van der Waals surface area contributed by atoms with Crippen LogP contribution in [0.25, 0.3) is 0 Å². The zero-order valence-electron chi connectivity index (χ0n) is 16.5.